The molecule has 0 aromatic rings. The number of rotatable bonds is 4. The summed E-state index contributed by atoms with van der Waals surface area (Å²) in [6.07, 6.45) is 4.73. The first kappa shape index (κ1) is 17.9. The molecule has 0 aromatic carbocycles. The largest absolute Gasteiger partial charge is 0.351 e. The van der Waals surface area contributed by atoms with Crippen molar-refractivity contribution in [2.24, 2.45) is 11.8 Å². The molecule has 1 aliphatic heterocycles. The van der Waals surface area contributed by atoms with Gasteiger partial charge >= 0.3 is 0 Å². The van der Waals surface area contributed by atoms with Crippen molar-refractivity contribution >= 4 is 25.2 Å². The molecule has 1 amide bonds. The average molecular weight is 317 g/mol. The minimum atomic E-state index is -0.767. The summed E-state index contributed by atoms with van der Waals surface area (Å²) in [5, 5.41) is 0. The average Bonchev–Trinajstić information content (AvgIpc) is 2.70. The van der Waals surface area contributed by atoms with E-state index in [-0.39, 0.29) is 42.0 Å². The lowest BCUT2D eigenvalue weighted by Crippen LogP contribution is -2.47. The van der Waals surface area contributed by atoms with Gasteiger partial charge in [-0.25, -0.2) is 0 Å². The Balaban J connectivity index is 2.21. The Bertz CT molecular complexity index is 543. The molecule has 0 aromatic heterocycles. The van der Waals surface area contributed by atoms with Gasteiger partial charge in [-0.2, -0.15) is 0 Å². The van der Waals surface area contributed by atoms with Gasteiger partial charge in [-0.15, -0.1) is 0 Å². The Morgan fingerprint density at radius 3 is 2.61 bits per heavy atom. The first-order valence-electron chi connectivity index (χ1n) is 8.15. The lowest BCUT2D eigenvalue weighted by molar-refractivity contribution is -0.127. The molecule has 0 saturated carbocycles. The number of hydrogen-bond acceptors (Lipinski definition) is 4. The lowest BCUT2D eigenvalue weighted by Gasteiger charge is -2.33. The van der Waals surface area contributed by atoms with Crippen LogP contribution < -0.4 is 0 Å². The van der Waals surface area contributed by atoms with E-state index in [1.54, 1.807) is 11.0 Å². The van der Waals surface area contributed by atoms with Crippen molar-refractivity contribution in [3.63, 3.8) is 0 Å². The molecular formula is C17H24BNO4. The molecule has 6 heteroatoms. The first-order chi connectivity index (χ1) is 10.7. The predicted molar refractivity (Wildman–Crippen MR) is 87.1 cm³/mol. The zero-order chi connectivity index (χ0) is 17.4. The van der Waals surface area contributed by atoms with E-state index in [4.69, 9.17) is 12.6 Å². The van der Waals surface area contributed by atoms with Crippen molar-refractivity contribution < 1.29 is 19.1 Å². The number of ketones is 2. The number of allylic oxidation sites excluding steroid dienone is 2. The van der Waals surface area contributed by atoms with Crippen molar-refractivity contribution in [1.29, 1.82) is 0 Å². The third-order valence-corrected chi connectivity index (χ3v) is 4.93. The molecule has 4 atom stereocenters. The summed E-state index contributed by atoms with van der Waals surface area (Å²) in [6.45, 7) is 7.16. The maximum absolute atomic E-state index is 11.9. The lowest BCUT2D eigenvalue weighted by atomic mass is 9.77. The number of amides is 1. The molecule has 1 aliphatic carbocycles. The minimum Gasteiger partial charge on any atom is -0.351 e. The van der Waals surface area contributed by atoms with Crippen LogP contribution in [0.25, 0.3) is 0 Å². The summed E-state index contributed by atoms with van der Waals surface area (Å²) >= 11 is 0. The van der Waals surface area contributed by atoms with Gasteiger partial charge < -0.3 is 9.64 Å². The van der Waals surface area contributed by atoms with E-state index in [0.29, 0.717) is 6.42 Å². The highest BCUT2D eigenvalue weighted by atomic mass is 16.5. The van der Waals surface area contributed by atoms with Crippen molar-refractivity contribution in [2.75, 3.05) is 0 Å². The Kier molecular flexibility index (Phi) is 5.14. The number of Topliss-reactive ketones (excluding diaryl/α,β-unsaturated/α-hetero) is 1. The molecule has 5 nitrogen and oxygen atoms in total. The number of hydrogen-bond donors (Lipinski definition) is 0. The maximum atomic E-state index is 11.9. The molecule has 0 spiro atoms. The van der Waals surface area contributed by atoms with Crippen LogP contribution in [0.4, 0.5) is 4.79 Å². The number of ether oxygens (including phenoxy) is 1. The minimum absolute atomic E-state index is 0.0140. The fourth-order valence-corrected chi connectivity index (χ4v) is 3.91. The molecule has 2 rings (SSSR count). The van der Waals surface area contributed by atoms with Crippen LogP contribution in [-0.2, 0) is 14.3 Å². The fourth-order valence-electron chi connectivity index (χ4n) is 3.91. The van der Waals surface area contributed by atoms with Gasteiger partial charge in [-0.1, -0.05) is 13.0 Å². The first-order valence-corrected chi connectivity index (χ1v) is 8.15. The summed E-state index contributed by atoms with van der Waals surface area (Å²) in [6, 6.07) is -0.124. The standard InChI is InChI=1S/C17H24BNO4/c1-5-14-15(23-17(3,4)19(14)16(18)22)8-11-6-7-12(21)9-13(11)10(2)20/h6-7,11,13-15H,5,8-9H2,1-4H3. The van der Waals surface area contributed by atoms with Gasteiger partial charge in [0.2, 0.25) is 7.85 Å². The van der Waals surface area contributed by atoms with E-state index >= 15 is 0 Å². The van der Waals surface area contributed by atoms with Crippen molar-refractivity contribution in [3.8, 4) is 0 Å². The van der Waals surface area contributed by atoms with Gasteiger partial charge in [0.1, 0.15) is 11.5 Å². The van der Waals surface area contributed by atoms with E-state index in [2.05, 4.69) is 0 Å². The molecular weight excluding hydrogens is 293 g/mol. The summed E-state index contributed by atoms with van der Waals surface area (Å²) < 4.78 is 6.08. The Morgan fingerprint density at radius 2 is 2.09 bits per heavy atom. The summed E-state index contributed by atoms with van der Waals surface area (Å²) in [5.74, 6) is -0.848. The van der Waals surface area contributed by atoms with Crippen LogP contribution in [0.5, 0.6) is 0 Å². The van der Waals surface area contributed by atoms with Crippen LogP contribution in [0.3, 0.4) is 0 Å². The zero-order valence-corrected chi connectivity index (χ0v) is 14.2. The summed E-state index contributed by atoms with van der Waals surface area (Å²) in [7, 11) is 5.52. The van der Waals surface area contributed by atoms with Crippen LogP contribution in [0.1, 0.15) is 47.0 Å². The van der Waals surface area contributed by atoms with Gasteiger partial charge in [0.25, 0.3) is 0 Å². The third kappa shape index (κ3) is 3.57. The van der Waals surface area contributed by atoms with Crippen molar-refractivity contribution in [3.05, 3.63) is 12.2 Å². The fraction of sp³-hybridized carbons (Fsp3) is 0.706. The van der Waals surface area contributed by atoms with Crippen molar-refractivity contribution in [2.45, 2.75) is 64.8 Å². The molecule has 0 bridgehead atoms. The van der Waals surface area contributed by atoms with Crippen LogP contribution in [0.15, 0.2) is 12.2 Å². The van der Waals surface area contributed by atoms with E-state index in [9.17, 15) is 14.4 Å². The van der Waals surface area contributed by atoms with Crippen LogP contribution in [-0.4, -0.2) is 48.0 Å². The SMILES string of the molecule is [B]C(=O)N1C(CC)C(CC2C=CC(=O)CC2C(C)=O)OC1(C)C. The second kappa shape index (κ2) is 6.60. The Labute approximate surface area is 138 Å². The number of carbonyl (C=O) groups excluding carboxylic acids is 3. The van der Waals surface area contributed by atoms with Crippen LogP contribution in [0, 0.1) is 11.8 Å². The second-order valence-electron chi connectivity index (χ2n) is 6.93. The number of nitrogens with zero attached hydrogens (tertiary/aromatic N) is 1. The second-order valence-corrected chi connectivity index (χ2v) is 6.93. The van der Waals surface area contributed by atoms with Gasteiger partial charge in [-0.3, -0.25) is 14.4 Å². The van der Waals surface area contributed by atoms with Gasteiger partial charge in [0, 0.05) is 12.3 Å². The quantitative estimate of drug-likeness (QED) is 0.746. The topological polar surface area (TPSA) is 63.7 Å². The molecule has 2 radical (unpaired) electrons. The smallest absolute Gasteiger partial charge is 0.200 e. The molecule has 1 heterocycles. The van der Waals surface area contributed by atoms with Crippen molar-refractivity contribution in [1.82, 2.24) is 4.90 Å². The Morgan fingerprint density at radius 1 is 1.43 bits per heavy atom. The van der Waals surface area contributed by atoms with E-state index in [1.165, 1.54) is 6.92 Å². The third-order valence-electron chi connectivity index (χ3n) is 4.93. The van der Waals surface area contributed by atoms with Crippen LogP contribution in [0.2, 0.25) is 0 Å². The highest BCUT2D eigenvalue weighted by Crippen LogP contribution is 2.39. The van der Waals surface area contributed by atoms with E-state index in [0.717, 1.165) is 6.42 Å². The predicted octanol–water partition coefficient (Wildman–Crippen LogP) is 2.23. The molecule has 1 fully saturated rings. The van der Waals surface area contributed by atoms with E-state index in [1.807, 2.05) is 26.8 Å². The molecule has 4 unspecified atom stereocenters. The summed E-state index contributed by atoms with van der Waals surface area (Å²) in [5.41, 5.74) is -0.767. The van der Waals surface area contributed by atoms with Gasteiger partial charge in [-0.05, 0) is 45.6 Å². The summed E-state index contributed by atoms with van der Waals surface area (Å²) in [4.78, 5) is 36.8. The van der Waals surface area contributed by atoms with E-state index < -0.39 is 11.5 Å². The number of carbonyl (C=O) groups is 3. The normalized spacial score (nSPS) is 33.0. The highest BCUT2D eigenvalue weighted by molar-refractivity contribution is 6.57. The maximum Gasteiger partial charge on any atom is 0.200 e. The molecule has 2 aliphatic rings. The van der Waals surface area contributed by atoms with Crippen LogP contribution >= 0.6 is 0 Å². The Hall–Kier alpha value is -1.43. The van der Waals surface area contributed by atoms with Gasteiger partial charge in [0.15, 0.2) is 11.6 Å². The molecule has 23 heavy (non-hydrogen) atoms. The highest BCUT2D eigenvalue weighted by Gasteiger charge is 2.48. The molecule has 1 saturated heterocycles. The van der Waals surface area contributed by atoms with Gasteiger partial charge in [0.05, 0.1) is 12.1 Å². The molecule has 124 valence electrons. The molecule has 0 N–H and O–H groups in total. The zero-order valence-electron chi connectivity index (χ0n) is 14.2. The monoisotopic (exact) mass is 317 g/mol.